The third-order valence-corrected chi connectivity index (χ3v) is 4.45. The Hall–Kier alpha value is -1.94. The quantitative estimate of drug-likeness (QED) is 0.918. The van der Waals surface area contributed by atoms with Crippen molar-refractivity contribution in [1.29, 1.82) is 0 Å². The summed E-state index contributed by atoms with van der Waals surface area (Å²) in [6, 6.07) is 16.5. The Morgan fingerprint density at radius 2 is 1.86 bits per heavy atom. The van der Waals surface area contributed by atoms with E-state index in [0.29, 0.717) is 5.75 Å². The fraction of sp³-hybridized carbons (Fsp3) is 0.235. The van der Waals surface area contributed by atoms with Gasteiger partial charge in [0.15, 0.2) is 0 Å². The molecule has 0 aromatic heterocycles. The van der Waals surface area contributed by atoms with E-state index in [4.69, 9.17) is 0 Å². The predicted molar refractivity (Wildman–Crippen MR) is 89.5 cm³/mol. The molecule has 3 rings (SSSR count). The van der Waals surface area contributed by atoms with Gasteiger partial charge in [-0.3, -0.25) is 4.79 Å². The van der Waals surface area contributed by atoms with Crippen LogP contribution < -0.4 is 10.2 Å². The second kappa shape index (κ2) is 5.82. The zero-order valence-electron chi connectivity index (χ0n) is 12.2. The minimum atomic E-state index is 0.185. The standard InChI is InChI=1S/C17H18N2OS/c1-12(2)19-15-9-8-14(10-16(15)21-11-17(19)20)18-13-6-4-3-5-7-13/h3-10,12,18H,11H2,1-2H3. The molecule has 0 spiro atoms. The lowest BCUT2D eigenvalue weighted by molar-refractivity contribution is -0.116. The van der Waals surface area contributed by atoms with Crippen molar-refractivity contribution in [2.75, 3.05) is 16.0 Å². The van der Waals surface area contributed by atoms with Gasteiger partial charge < -0.3 is 10.2 Å². The molecular formula is C17H18N2OS. The van der Waals surface area contributed by atoms with E-state index in [9.17, 15) is 4.79 Å². The summed E-state index contributed by atoms with van der Waals surface area (Å²) in [5.74, 6) is 0.700. The lowest BCUT2D eigenvalue weighted by Crippen LogP contribution is -2.40. The van der Waals surface area contributed by atoms with Crippen LogP contribution in [0.25, 0.3) is 0 Å². The first-order valence-electron chi connectivity index (χ1n) is 7.06. The number of carbonyl (C=O) groups excluding carboxylic acids is 1. The molecule has 0 unspecified atom stereocenters. The van der Waals surface area contributed by atoms with Gasteiger partial charge >= 0.3 is 0 Å². The highest BCUT2D eigenvalue weighted by Crippen LogP contribution is 2.38. The van der Waals surface area contributed by atoms with Crippen LogP contribution in [0.3, 0.4) is 0 Å². The Bertz CT molecular complexity index is 655. The third-order valence-electron chi connectivity index (χ3n) is 3.42. The van der Waals surface area contributed by atoms with Crippen LogP contribution in [0.4, 0.5) is 17.1 Å². The number of fused-ring (bicyclic) bond motifs is 1. The van der Waals surface area contributed by atoms with Crippen molar-refractivity contribution in [3.63, 3.8) is 0 Å². The Morgan fingerprint density at radius 1 is 1.10 bits per heavy atom. The van der Waals surface area contributed by atoms with Gasteiger partial charge in [0, 0.05) is 22.3 Å². The summed E-state index contributed by atoms with van der Waals surface area (Å²) in [4.78, 5) is 15.1. The van der Waals surface area contributed by atoms with Crippen LogP contribution >= 0.6 is 11.8 Å². The van der Waals surface area contributed by atoms with E-state index in [-0.39, 0.29) is 11.9 Å². The number of nitrogens with zero attached hydrogens (tertiary/aromatic N) is 1. The molecule has 2 aromatic rings. The van der Waals surface area contributed by atoms with E-state index in [1.165, 1.54) is 0 Å². The van der Waals surface area contributed by atoms with Crippen molar-refractivity contribution in [2.24, 2.45) is 0 Å². The van der Waals surface area contributed by atoms with Gasteiger partial charge in [0.05, 0.1) is 11.4 Å². The largest absolute Gasteiger partial charge is 0.355 e. The normalized spacial score (nSPS) is 14.2. The SMILES string of the molecule is CC(C)N1C(=O)CSc2cc(Nc3ccccc3)ccc21. The molecule has 4 heteroatoms. The Balaban J connectivity index is 1.90. The molecular weight excluding hydrogens is 280 g/mol. The van der Waals surface area contributed by atoms with Crippen LogP contribution in [-0.4, -0.2) is 17.7 Å². The van der Waals surface area contributed by atoms with Gasteiger partial charge in [-0.05, 0) is 44.2 Å². The van der Waals surface area contributed by atoms with Crippen molar-refractivity contribution in [1.82, 2.24) is 0 Å². The highest BCUT2D eigenvalue weighted by molar-refractivity contribution is 8.00. The maximum atomic E-state index is 12.1. The van der Waals surface area contributed by atoms with Crippen LogP contribution in [0.5, 0.6) is 0 Å². The molecule has 0 aliphatic carbocycles. The van der Waals surface area contributed by atoms with Gasteiger partial charge in [0.2, 0.25) is 5.91 Å². The van der Waals surface area contributed by atoms with Gasteiger partial charge in [-0.25, -0.2) is 0 Å². The molecule has 0 radical (unpaired) electrons. The van der Waals surface area contributed by atoms with Crippen molar-refractivity contribution < 1.29 is 4.79 Å². The van der Waals surface area contributed by atoms with Gasteiger partial charge in [0.1, 0.15) is 0 Å². The number of para-hydroxylation sites is 1. The molecule has 0 saturated heterocycles. The summed E-state index contributed by atoms with van der Waals surface area (Å²) < 4.78 is 0. The van der Waals surface area contributed by atoms with Crippen molar-refractivity contribution in [3.8, 4) is 0 Å². The number of thioether (sulfide) groups is 1. The van der Waals surface area contributed by atoms with Crippen LogP contribution in [0.2, 0.25) is 0 Å². The molecule has 108 valence electrons. The molecule has 0 atom stereocenters. The Morgan fingerprint density at radius 3 is 2.57 bits per heavy atom. The molecule has 3 nitrogen and oxygen atoms in total. The fourth-order valence-corrected chi connectivity index (χ4v) is 3.45. The maximum absolute atomic E-state index is 12.1. The van der Waals surface area contributed by atoms with Gasteiger partial charge in [-0.2, -0.15) is 0 Å². The number of hydrogen-bond donors (Lipinski definition) is 1. The number of benzene rings is 2. The molecule has 1 amide bonds. The van der Waals surface area contributed by atoms with E-state index in [2.05, 4.69) is 11.4 Å². The van der Waals surface area contributed by atoms with Crippen LogP contribution in [0.15, 0.2) is 53.4 Å². The number of nitrogens with one attached hydrogen (secondary N) is 1. The summed E-state index contributed by atoms with van der Waals surface area (Å²) >= 11 is 1.61. The lowest BCUT2D eigenvalue weighted by atomic mass is 10.2. The summed E-state index contributed by atoms with van der Waals surface area (Å²) in [6.45, 7) is 4.10. The van der Waals surface area contributed by atoms with Crippen molar-refractivity contribution >= 4 is 34.7 Å². The minimum Gasteiger partial charge on any atom is -0.355 e. The van der Waals surface area contributed by atoms with Gasteiger partial charge in [-0.1, -0.05) is 18.2 Å². The molecule has 1 heterocycles. The second-order valence-electron chi connectivity index (χ2n) is 5.32. The van der Waals surface area contributed by atoms with E-state index in [0.717, 1.165) is 22.0 Å². The third kappa shape index (κ3) is 2.90. The molecule has 0 bridgehead atoms. The molecule has 1 aliphatic rings. The van der Waals surface area contributed by atoms with Crippen LogP contribution in [0.1, 0.15) is 13.8 Å². The first kappa shape index (κ1) is 14.0. The molecule has 0 saturated carbocycles. The predicted octanol–water partition coefficient (Wildman–Crippen LogP) is 4.28. The molecule has 2 aromatic carbocycles. The highest BCUT2D eigenvalue weighted by Gasteiger charge is 2.26. The second-order valence-corrected chi connectivity index (χ2v) is 6.34. The van der Waals surface area contributed by atoms with Gasteiger partial charge in [0.25, 0.3) is 0 Å². The average molecular weight is 298 g/mol. The summed E-state index contributed by atoms with van der Waals surface area (Å²) in [5.41, 5.74) is 3.13. The first-order chi connectivity index (χ1) is 10.1. The molecule has 1 N–H and O–H groups in total. The number of hydrogen-bond acceptors (Lipinski definition) is 3. The lowest BCUT2D eigenvalue weighted by Gasteiger charge is -2.32. The van der Waals surface area contributed by atoms with Crippen molar-refractivity contribution in [2.45, 2.75) is 24.8 Å². The minimum absolute atomic E-state index is 0.185. The number of carbonyl (C=O) groups is 1. The zero-order chi connectivity index (χ0) is 14.8. The molecule has 1 aliphatic heterocycles. The number of anilines is 3. The topological polar surface area (TPSA) is 32.3 Å². The maximum Gasteiger partial charge on any atom is 0.237 e. The summed E-state index contributed by atoms with van der Waals surface area (Å²) in [6.07, 6.45) is 0. The van der Waals surface area contributed by atoms with E-state index >= 15 is 0 Å². The van der Waals surface area contributed by atoms with Gasteiger partial charge in [-0.15, -0.1) is 11.8 Å². The van der Waals surface area contributed by atoms with Crippen LogP contribution in [-0.2, 0) is 4.79 Å². The van der Waals surface area contributed by atoms with E-state index in [1.54, 1.807) is 11.8 Å². The fourth-order valence-electron chi connectivity index (χ4n) is 2.50. The Kier molecular flexibility index (Phi) is 3.88. The number of rotatable bonds is 3. The zero-order valence-corrected chi connectivity index (χ0v) is 13.0. The summed E-state index contributed by atoms with van der Waals surface area (Å²) in [7, 11) is 0. The average Bonchev–Trinajstić information content (AvgIpc) is 2.48. The molecule has 21 heavy (non-hydrogen) atoms. The Labute approximate surface area is 129 Å². The van der Waals surface area contributed by atoms with Crippen LogP contribution in [0, 0.1) is 0 Å². The number of amides is 1. The molecule has 0 fully saturated rings. The monoisotopic (exact) mass is 298 g/mol. The van der Waals surface area contributed by atoms with E-state index in [1.807, 2.05) is 61.2 Å². The summed E-state index contributed by atoms with van der Waals surface area (Å²) in [5, 5.41) is 3.39. The smallest absolute Gasteiger partial charge is 0.237 e. The van der Waals surface area contributed by atoms with E-state index < -0.39 is 0 Å². The first-order valence-corrected chi connectivity index (χ1v) is 8.04. The van der Waals surface area contributed by atoms with Crippen molar-refractivity contribution in [3.05, 3.63) is 48.5 Å². The highest BCUT2D eigenvalue weighted by atomic mass is 32.2.